The van der Waals surface area contributed by atoms with E-state index in [9.17, 15) is 4.79 Å². The van der Waals surface area contributed by atoms with Gasteiger partial charge in [0.25, 0.3) is 0 Å². The number of aryl methyl sites for hydroxylation is 1. The van der Waals surface area contributed by atoms with Gasteiger partial charge in [0, 0.05) is 5.56 Å². The third-order valence-electron chi connectivity index (χ3n) is 2.57. The van der Waals surface area contributed by atoms with Crippen LogP contribution in [0, 0.1) is 6.92 Å². The number of ether oxygens (including phenoxy) is 1. The lowest BCUT2D eigenvalue weighted by molar-refractivity contribution is -0.120. The van der Waals surface area contributed by atoms with E-state index >= 15 is 0 Å². The minimum Gasteiger partial charge on any atom is -0.496 e. The zero-order valence-corrected chi connectivity index (χ0v) is 10.8. The van der Waals surface area contributed by atoms with E-state index in [0.717, 1.165) is 16.9 Å². The van der Waals surface area contributed by atoms with Crippen molar-refractivity contribution in [3.05, 3.63) is 29.3 Å². The van der Waals surface area contributed by atoms with Crippen molar-refractivity contribution in [2.45, 2.75) is 19.9 Å². The number of nitrogens with one attached hydrogen (secondary N) is 2. The van der Waals surface area contributed by atoms with E-state index in [0.29, 0.717) is 6.54 Å². The van der Waals surface area contributed by atoms with Gasteiger partial charge < -0.3 is 15.4 Å². The highest BCUT2D eigenvalue weighted by atomic mass is 16.5. The highest BCUT2D eigenvalue weighted by Crippen LogP contribution is 2.25. The van der Waals surface area contributed by atoms with Gasteiger partial charge in [0.15, 0.2) is 0 Å². The number of likely N-dealkylation sites (N-methyl/N-ethyl adjacent to an activating group) is 1. The molecule has 0 aliphatic carbocycles. The highest BCUT2D eigenvalue weighted by Gasteiger charge is 2.13. The van der Waals surface area contributed by atoms with Crippen LogP contribution in [0.25, 0.3) is 0 Å². The summed E-state index contributed by atoms with van der Waals surface area (Å²) >= 11 is 0. The van der Waals surface area contributed by atoms with Gasteiger partial charge in [-0.15, -0.1) is 0 Å². The quantitative estimate of drug-likeness (QED) is 0.812. The molecule has 0 spiro atoms. The molecule has 1 aromatic rings. The molecule has 2 N–H and O–H groups in total. The van der Waals surface area contributed by atoms with Crippen molar-refractivity contribution in [3.8, 4) is 5.75 Å². The zero-order valence-electron chi connectivity index (χ0n) is 10.8. The van der Waals surface area contributed by atoms with Gasteiger partial charge in [-0.3, -0.25) is 4.79 Å². The Labute approximate surface area is 102 Å². The minimum atomic E-state index is -0.0642. The third kappa shape index (κ3) is 3.75. The first-order valence-corrected chi connectivity index (χ1v) is 5.67. The zero-order chi connectivity index (χ0) is 12.8. The summed E-state index contributed by atoms with van der Waals surface area (Å²) in [6.45, 7) is 4.29. The molecule has 0 aliphatic heterocycles. The fourth-order valence-electron chi connectivity index (χ4n) is 1.72. The molecule has 4 heteroatoms. The van der Waals surface area contributed by atoms with Gasteiger partial charge in [0.1, 0.15) is 5.75 Å². The monoisotopic (exact) mass is 236 g/mol. The van der Waals surface area contributed by atoms with Crippen LogP contribution in [0.2, 0.25) is 0 Å². The first-order valence-electron chi connectivity index (χ1n) is 5.67. The lowest BCUT2D eigenvalue weighted by Gasteiger charge is -2.18. The molecule has 0 aliphatic rings. The molecule has 0 saturated carbocycles. The Bertz CT molecular complexity index is 391. The molecule has 17 heavy (non-hydrogen) atoms. The van der Waals surface area contributed by atoms with E-state index in [1.165, 1.54) is 0 Å². The average molecular weight is 236 g/mol. The summed E-state index contributed by atoms with van der Waals surface area (Å²) in [4.78, 5) is 11.5. The summed E-state index contributed by atoms with van der Waals surface area (Å²) in [5.74, 6) is 0.774. The standard InChI is InChI=1S/C13H20N2O2/c1-9-5-6-12(17-4)11(7-9)10(2)15-13(16)8-14-3/h5-7,10,14H,8H2,1-4H3,(H,15,16). The Morgan fingerprint density at radius 3 is 2.76 bits per heavy atom. The number of carbonyl (C=O) groups excluding carboxylic acids is 1. The molecule has 0 aromatic heterocycles. The van der Waals surface area contributed by atoms with Crippen molar-refractivity contribution < 1.29 is 9.53 Å². The Balaban J connectivity index is 2.83. The number of amides is 1. The first kappa shape index (κ1) is 13.5. The number of carbonyl (C=O) groups is 1. The van der Waals surface area contributed by atoms with Crippen LogP contribution in [0.3, 0.4) is 0 Å². The predicted molar refractivity (Wildman–Crippen MR) is 68.2 cm³/mol. The Morgan fingerprint density at radius 1 is 1.47 bits per heavy atom. The third-order valence-corrected chi connectivity index (χ3v) is 2.57. The van der Waals surface area contributed by atoms with Gasteiger partial charge in [-0.1, -0.05) is 17.7 Å². The van der Waals surface area contributed by atoms with Crippen LogP contribution in [0.5, 0.6) is 5.75 Å². The lowest BCUT2D eigenvalue weighted by Crippen LogP contribution is -2.34. The summed E-state index contributed by atoms with van der Waals surface area (Å²) in [7, 11) is 3.38. The SMILES string of the molecule is CNCC(=O)NC(C)c1cc(C)ccc1OC. The van der Waals surface area contributed by atoms with Crippen LogP contribution < -0.4 is 15.4 Å². The number of methoxy groups -OCH3 is 1. The molecule has 1 aromatic carbocycles. The Morgan fingerprint density at radius 2 is 2.18 bits per heavy atom. The summed E-state index contributed by atoms with van der Waals surface area (Å²) < 4.78 is 5.30. The van der Waals surface area contributed by atoms with Crippen molar-refractivity contribution in [1.29, 1.82) is 0 Å². The lowest BCUT2D eigenvalue weighted by atomic mass is 10.0. The number of benzene rings is 1. The van der Waals surface area contributed by atoms with E-state index in [4.69, 9.17) is 4.74 Å². The molecule has 1 rings (SSSR count). The summed E-state index contributed by atoms with van der Waals surface area (Å²) in [5.41, 5.74) is 2.15. The maximum Gasteiger partial charge on any atom is 0.234 e. The van der Waals surface area contributed by atoms with Crippen molar-refractivity contribution in [2.75, 3.05) is 20.7 Å². The van der Waals surface area contributed by atoms with Gasteiger partial charge in [0.05, 0.1) is 19.7 Å². The summed E-state index contributed by atoms with van der Waals surface area (Å²) in [5, 5.41) is 5.74. The minimum absolute atomic E-state index is 0.0245. The number of rotatable bonds is 5. The molecule has 0 heterocycles. The van der Waals surface area contributed by atoms with E-state index in [2.05, 4.69) is 10.6 Å². The van der Waals surface area contributed by atoms with Crippen LogP contribution in [0.15, 0.2) is 18.2 Å². The van der Waals surface area contributed by atoms with E-state index in [1.54, 1.807) is 14.2 Å². The topological polar surface area (TPSA) is 50.4 Å². The van der Waals surface area contributed by atoms with Crippen molar-refractivity contribution in [2.24, 2.45) is 0 Å². The van der Waals surface area contributed by atoms with E-state index in [1.807, 2.05) is 32.0 Å². The summed E-state index contributed by atoms with van der Waals surface area (Å²) in [6, 6.07) is 5.88. The van der Waals surface area contributed by atoms with Crippen molar-refractivity contribution >= 4 is 5.91 Å². The maximum atomic E-state index is 11.5. The highest BCUT2D eigenvalue weighted by molar-refractivity contribution is 5.78. The maximum absolute atomic E-state index is 11.5. The van der Waals surface area contributed by atoms with Crippen LogP contribution in [0.1, 0.15) is 24.1 Å². The molecule has 94 valence electrons. The second kappa shape index (κ2) is 6.25. The van der Waals surface area contributed by atoms with Crippen molar-refractivity contribution in [3.63, 3.8) is 0 Å². The van der Waals surface area contributed by atoms with E-state index < -0.39 is 0 Å². The first-order chi connectivity index (χ1) is 8.08. The molecule has 0 fully saturated rings. The Kier molecular flexibility index (Phi) is 4.97. The summed E-state index contributed by atoms with van der Waals surface area (Å²) in [6.07, 6.45) is 0. The normalized spacial score (nSPS) is 12.0. The molecular formula is C13H20N2O2. The van der Waals surface area contributed by atoms with Gasteiger partial charge in [-0.25, -0.2) is 0 Å². The Hall–Kier alpha value is -1.55. The molecule has 0 bridgehead atoms. The van der Waals surface area contributed by atoms with Crippen LogP contribution in [0.4, 0.5) is 0 Å². The second-order valence-corrected chi connectivity index (χ2v) is 4.06. The van der Waals surface area contributed by atoms with Gasteiger partial charge in [-0.2, -0.15) is 0 Å². The van der Waals surface area contributed by atoms with Crippen molar-refractivity contribution in [1.82, 2.24) is 10.6 Å². The van der Waals surface area contributed by atoms with Gasteiger partial charge in [0.2, 0.25) is 5.91 Å². The molecule has 0 saturated heterocycles. The molecule has 0 radical (unpaired) electrons. The van der Waals surface area contributed by atoms with Gasteiger partial charge in [-0.05, 0) is 27.0 Å². The number of hydrogen-bond donors (Lipinski definition) is 2. The largest absolute Gasteiger partial charge is 0.496 e. The van der Waals surface area contributed by atoms with Gasteiger partial charge >= 0.3 is 0 Å². The molecule has 1 amide bonds. The van der Waals surface area contributed by atoms with Crippen LogP contribution in [-0.2, 0) is 4.79 Å². The molecular weight excluding hydrogens is 216 g/mol. The smallest absolute Gasteiger partial charge is 0.234 e. The molecule has 4 nitrogen and oxygen atoms in total. The molecule has 1 atom stereocenters. The molecule has 1 unspecified atom stereocenters. The van der Waals surface area contributed by atoms with E-state index in [-0.39, 0.29) is 11.9 Å². The van der Waals surface area contributed by atoms with Crippen LogP contribution in [-0.4, -0.2) is 26.6 Å². The van der Waals surface area contributed by atoms with Crippen LogP contribution >= 0.6 is 0 Å². The average Bonchev–Trinajstić information content (AvgIpc) is 2.29. The fraction of sp³-hybridized carbons (Fsp3) is 0.462. The predicted octanol–water partition coefficient (Wildman–Crippen LogP) is 1.40. The number of hydrogen-bond acceptors (Lipinski definition) is 3. The second-order valence-electron chi connectivity index (χ2n) is 4.06. The fourth-order valence-corrected chi connectivity index (χ4v) is 1.72.